The summed E-state index contributed by atoms with van der Waals surface area (Å²) < 4.78 is 0. The Balaban J connectivity index is 2.72. The first-order chi connectivity index (χ1) is 5.65. The van der Waals surface area contributed by atoms with E-state index in [1.807, 2.05) is 13.8 Å². The van der Waals surface area contributed by atoms with Crippen LogP contribution in [0, 0.1) is 23.2 Å². The molecule has 0 aromatic rings. The maximum atomic E-state index is 8.84. The molecule has 0 radical (unpaired) electrons. The van der Waals surface area contributed by atoms with E-state index in [2.05, 4.69) is 18.7 Å². The lowest BCUT2D eigenvalue weighted by Gasteiger charge is -2.24. The average molecular weight is 161 g/mol. The van der Waals surface area contributed by atoms with E-state index in [1.165, 1.54) is 11.1 Å². The first-order valence-electron chi connectivity index (χ1n) is 4.36. The van der Waals surface area contributed by atoms with Gasteiger partial charge in [-0.1, -0.05) is 23.8 Å². The van der Waals surface area contributed by atoms with Crippen LogP contribution in [0.3, 0.4) is 0 Å². The molecule has 1 heteroatoms. The summed E-state index contributed by atoms with van der Waals surface area (Å²) in [6, 6.07) is 2.33. The molecule has 1 nitrogen and oxygen atoms in total. The van der Waals surface area contributed by atoms with Crippen molar-refractivity contribution < 1.29 is 0 Å². The number of nitriles is 1. The average Bonchev–Trinajstić information content (AvgIpc) is 2.05. The minimum atomic E-state index is 0.125. The number of nitrogens with zero attached hydrogens (tertiary/aromatic N) is 1. The molecule has 0 fully saturated rings. The zero-order valence-corrected chi connectivity index (χ0v) is 7.80. The minimum Gasteiger partial charge on any atom is -0.198 e. The Hall–Kier alpha value is -1.03. The van der Waals surface area contributed by atoms with Gasteiger partial charge in [-0.2, -0.15) is 5.26 Å². The van der Waals surface area contributed by atoms with E-state index in [0.29, 0.717) is 5.92 Å². The van der Waals surface area contributed by atoms with Crippen molar-refractivity contribution in [3.63, 3.8) is 0 Å². The molecule has 0 saturated carbocycles. The Morgan fingerprint density at radius 1 is 1.75 bits per heavy atom. The van der Waals surface area contributed by atoms with Crippen LogP contribution in [0.15, 0.2) is 23.8 Å². The third kappa shape index (κ3) is 1.76. The quantitative estimate of drug-likeness (QED) is 0.542. The van der Waals surface area contributed by atoms with Gasteiger partial charge in [0.15, 0.2) is 0 Å². The molecule has 0 saturated heterocycles. The van der Waals surface area contributed by atoms with Crippen LogP contribution in [0.25, 0.3) is 0 Å². The van der Waals surface area contributed by atoms with Crippen LogP contribution in [0.4, 0.5) is 0 Å². The van der Waals surface area contributed by atoms with Crippen LogP contribution in [-0.2, 0) is 0 Å². The third-order valence-electron chi connectivity index (χ3n) is 2.65. The topological polar surface area (TPSA) is 23.8 Å². The second kappa shape index (κ2) is 3.58. The minimum absolute atomic E-state index is 0.125. The van der Waals surface area contributed by atoms with E-state index < -0.39 is 0 Å². The second-order valence-corrected chi connectivity index (χ2v) is 3.64. The second-order valence-electron chi connectivity index (χ2n) is 3.64. The van der Waals surface area contributed by atoms with Gasteiger partial charge in [0.05, 0.1) is 12.0 Å². The summed E-state index contributed by atoms with van der Waals surface area (Å²) in [7, 11) is 0. The van der Waals surface area contributed by atoms with E-state index in [-0.39, 0.29) is 5.92 Å². The third-order valence-corrected chi connectivity index (χ3v) is 2.65. The zero-order chi connectivity index (χ0) is 9.14. The predicted molar refractivity (Wildman–Crippen MR) is 50.4 cm³/mol. The van der Waals surface area contributed by atoms with Gasteiger partial charge < -0.3 is 0 Å². The predicted octanol–water partition coefficient (Wildman–Crippen LogP) is 3.06. The maximum absolute atomic E-state index is 8.84. The molecule has 0 aromatic heterocycles. The summed E-state index contributed by atoms with van der Waals surface area (Å²) in [4.78, 5) is 0. The Bertz CT molecular complexity index is 255. The van der Waals surface area contributed by atoms with Crippen LogP contribution < -0.4 is 0 Å². The van der Waals surface area contributed by atoms with Gasteiger partial charge in [0.2, 0.25) is 0 Å². The summed E-state index contributed by atoms with van der Waals surface area (Å²) >= 11 is 0. The summed E-state index contributed by atoms with van der Waals surface area (Å²) in [5.41, 5.74) is 2.44. The van der Waals surface area contributed by atoms with Crippen LogP contribution in [0.2, 0.25) is 0 Å². The number of rotatable bonds is 1. The Morgan fingerprint density at radius 3 is 2.92 bits per heavy atom. The molecule has 1 rings (SSSR count). The molecule has 0 unspecified atom stereocenters. The fourth-order valence-electron chi connectivity index (χ4n) is 1.59. The molecule has 0 aromatic carbocycles. The highest BCUT2D eigenvalue weighted by Crippen LogP contribution is 2.31. The molecule has 1 aliphatic rings. The zero-order valence-electron chi connectivity index (χ0n) is 7.80. The van der Waals surface area contributed by atoms with Crippen molar-refractivity contribution in [1.82, 2.24) is 0 Å². The van der Waals surface area contributed by atoms with Crippen molar-refractivity contribution in [2.45, 2.75) is 26.7 Å². The van der Waals surface area contributed by atoms with Crippen LogP contribution >= 0.6 is 0 Å². The fraction of sp³-hybridized carbons (Fsp3) is 0.545. The smallest absolute Gasteiger partial charge is 0.0700 e. The highest BCUT2D eigenvalue weighted by atomic mass is 14.3. The molecule has 12 heavy (non-hydrogen) atoms. The van der Waals surface area contributed by atoms with E-state index >= 15 is 0 Å². The van der Waals surface area contributed by atoms with Gasteiger partial charge in [-0.3, -0.25) is 0 Å². The number of hydrogen-bond donors (Lipinski definition) is 0. The van der Waals surface area contributed by atoms with Gasteiger partial charge in [-0.05, 0) is 32.6 Å². The lowest BCUT2D eigenvalue weighted by molar-refractivity contribution is 0.484. The van der Waals surface area contributed by atoms with Gasteiger partial charge in [0.1, 0.15) is 0 Å². The van der Waals surface area contributed by atoms with Crippen molar-refractivity contribution in [1.29, 1.82) is 5.26 Å². The summed E-state index contributed by atoms with van der Waals surface area (Å²) in [6.45, 7) is 8.03. The lowest BCUT2D eigenvalue weighted by Crippen LogP contribution is -2.14. The molecule has 1 aliphatic carbocycles. The first kappa shape index (κ1) is 9.06. The molecular formula is C11H15N. The van der Waals surface area contributed by atoms with Crippen LogP contribution in [0.5, 0.6) is 0 Å². The van der Waals surface area contributed by atoms with Crippen molar-refractivity contribution in [3.8, 4) is 6.07 Å². The van der Waals surface area contributed by atoms with Gasteiger partial charge in [0, 0.05) is 0 Å². The summed E-state index contributed by atoms with van der Waals surface area (Å²) in [6.07, 6.45) is 4.21. The Kier molecular flexibility index (Phi) is 2.70. The van der Waals surface area contributed by atoms with Gasteiger partial charge >= 0.3 is 0 Å². The van der Waals surface area contributed by atoms with Crippen molar-refractivity contribution in [2.24, 2.45) is 11.8 Å². The van der Waals surface area contributed by atoms with Crippen LogP contribution in [0.1, 0.15) is 26.7 Å². The molecule has 64 valence electrons. The Morgan fingerprint density at radius 2 is 2.42 bits per heavy atom. The van der Waals surface area contributed by atoms with Crippen molar-refractivity contribution in [3.05, 3.63) is 23.8 Å². The highest BCUT2D eigenvalue weighted by molar-refractivity contribution is 5.19. The summed E-state index contributed by atoms with van der Waals surface area (Å²) in [5.74, 6) is 0.652. The molecule has 0 N–H and O–H groups in total. The molecule has 0 amide bonds. The number of hydrogen-bond acceptors (Lipinski definition) is 1. The molecule has 0 bridgehead atoms. The maximum Gasteiger partial charge on any atom is 0.0700 e. The van der Waals surface area contributed by atoms with E-state index in [0.717, 1.165) is 12.8 Å². The largest absolute Gasteiger partial charge is 0.198 e. The lowest BCUT2D eigenvalue weighted by atomic mass is 9.80. The number of allylic oxidation sites excluding steroid dienone is 3. The molecular weight excluding hydrogens is 146 g/mol. The fourth-order valence-corrected chi connectivity index (χ4v) is 1.59. The normalized spacial score (nSPS) is 28.9. The first-order valence-corrected chi connectivity index (χ1v) is 4.36. The van der Waals surface area contributed by atoms with Crippen LogP contribution in [-0.4, -0.2) is 0 Å². The van der Waals surface area contributed by atoms with E-state index in [1.54, 1.807) is 0 Å². The van der Waals surface area contributed by atoms with Gasteiger partial charge in [-0.15, -0.1) is 0 Å². The van der Waals surface area contributed by atoms with Gasteiger partial charge in [-0.25, -0.2) is 0 Å². The van der Waals surface area contributed by atoms with E-state index in [9.17, 15) is 0 Å². The molecule has 0 aliphatic heterocycles. The van der Waals surface area contributed by atoms with E-state index in [4.69, 9.17) is 5.26 Å². The van der Waals surface area contributed by atoms with Crippen molar-refractivity contribution in [2.75, 3.05) is 0 Å². The molecule has 0 heterocycles. The Labute approximate surface area is 74.4 Å². The monoisotopic (exact) mass is 161 g/mol. The molecule has 0 spiro atoms. The van der Waals surface area contributed by atoms with Crippen molar-refractivity contribution >= 4 is 0 Å². The SMILES string of the molecule is C=C(C)[C@H]1CC=C(C)[C@@H](C#N)C1. The molecule has 2 atom stereocenters. The standard InChI is InChI=1S/C11H15N/c1-8(2)10-5-4-9(3)11(6-10)7-12/h4,10-11H,1,5-6H2,2-3H3/t10-,11+/m0/s1. The highest BCUT2D eigenvalue weighted by Gasteiger charge is 2.21. The van der Waals surface area contributed by atoms with Gasteiger partial charge in [0.25, 0.3) is 0 Å². The summed E-state index contributed by atoms with van der Waals surface area (Å²) in [5, 5.41) is 8.84.